The van der Waals surface area contributed by atoms with Crippen molar-refractivity contribution >= 4 is 28.7 Å². The second-order valence-electron chi connectivity index (χ2n) is 5.23. The molecule has 116 valence electrons. The number of imide groups is 1. The van der Waals surface area contributed by atoms with Crippen LogP contribution in [0.2, 0.25) is 0 Å². The standard InChI is InChI=1S/C15H18N4O3/c1-3-13-18-11-8-10(4-5-12(11)22-13)17-9(2)14(20)19-7-6-16-15(19)21/h4-5,8-9,17H,3,6-7H2,1-2H3,(H,16,21)/t9-/m0/s1. The van der Waals surface area contributed by atoms with Crippen LogP contribution >= 0.6 is 0 Å². The van der Waals surface area contributed by atoms with E-state index in [0.29, 0.717) is 19.0 Å². The summed E-state index contributed by atoms with van der Waals surface area (Å²) in [5.41, 5.74) is 2.24. The lowest BCUT2D eigenvalue weighted by Gasteiger charge is -2.19. The molecule has 0 radical (unpaired) electrons. The van der Waals surface area contributed by atoms with E-state index in [-0.39, 0.29) is 11.9 Å². The molecule has 0 aliphatic carbocycles. The summed E-state index contributed by atoms with van der Waals surface area (Å²) in [5, 5.41) is 5.72. The zero-order valence-electron chi connectivity index (χ0n) is 12.5. The van der Waals surface area contributed by atoms with Crippen molar-refractivity contribution in [2.45, 2.75) is 26.3 Å². The largest absolute Gasteiger partial charge is 0.441 e. The molecule has 0 unspecified atom stereocenters. The average molecular weight is 302 g/mol. The Balaban J connectivity index is 1.74. The first-order valence-corrected chi connectivity index (χ1v) is 7.33. The molecule has 1 aliphatic rings. The van der Waals surface area contributed by atoms with Gasteiger partial charge in [0.25, 0.3) is 5.91 Å². The van der Waals surface area contributed by atoms with E-state index < -0.39 is 6.04 Å². The van der Waals surface area contributed by atoms with Crippen LogP contribution in [0.5, 0.6) is 0 Å². The summed E-state index contributed by atoms with van der Waals surface area (Å²) in [6.45, 7) is 4.62. The highest BCUT2D eigenvalue weighted by Crippen LogP contribution is 2.21. The second-order valence-corrected chi connectivity index (χ2v) is 5.23. The van der Waals surface area contributed by atoms with Crippen molar-refractivity contribution in [3.05, 3.63) is 24.1 Å². The van der Waals surface area contributed by atoms with Crippen molar-refractivity contribution in [3.8, 4) is 0 Å². The monoisotopic (exact) mass is 302 g/mol. The van der Waals surface area contributed by atoms with Gasteiger partial charge in [-0.3, -0.25) is 9.69 Å². The molecule has 3 rings (SSSR count). The molecule has 2 aromatic rings. The minimum absolute atomic E-state index is 0.246. The Kier molecular flexibility index (Phi) is 3.70. The molecule has 22 heavy (non-hydrogen) atoms. The van der Waals surface area contributed by atoms with E-state index in [1.54, 1.807) is 6.92 Å². The first-order valence-electron chi connectivity index (χ1n) is 7.33. The Labute approximate surface area is 127 Å². The number of carbonyl (C=O) groups excluding carboxylic acids is 2. The number of hydrogen-bond donors (Lipinski definition) is 2. The predicted molar refractivity (Wildman–Crippen MR) is 81.6 cm³/mol. The lowest BCUT2D eigenvalue weighted by molar-refractivity contribution is -0.128. The van der Waals surface area contributed by atoms with Gasteiger partial charge in [-0.15, -0.1) is 0 Å². The van der Waals surface area contributed by atoms with Crippen LogP contribution in [0.25, 0.3) is 11.1 Å². The van der Waals surface area contributed by atoms with Crippen molar-refractivity contribution < 1.29 is 14.0 Å². The number of aryl methyl sites for hydroxylation is 1. The first kappa shape index (κ1) is 14.4. The zero-order valence-corrected chi connectivity index (χ0v) is 12.5. The Morgan fingerprint density at radius 3 is 3.05 bits per heavy atom. The zero-order chi connectivity index (χ0) is 15.7. The third-order valence-corrected chi connectivity index (χ3v) is 3.61. The number of hydrogen-bond acceptors (Lipinski definition) is 5. The molecule has 1 fully saturated rings. The van der Waals surface area contributed by atoms with Crippen LogP contribution in [0.1, 0.15) is 19.7 Å². The summed E-state index contributed by atoms with van der Waals surface area (Å²) >= 11 is 0. The molecule has 7 heteroatoms. The molecule has 0 bridgehead atoms. The third-order valence-electron chi connectivity index (χ3n) is 3.61. The Morgan fingerprint density at radius 2 is 2.36 bits per heavy atom. The van der Waals surface area contributed by atoms with Gasteiger partial charge in [0.15, 0.2) is 11.5 Å². The smallest absolute Gasteiger partial charge is 0.324 e. The Bertz CT molecular complexity index is 725. The Hall–Kier alpha value is -2.57. The normalized spacial score (nSPS) is 15.9. The molecule has 2 heterocycles. The van der Waals surface area contributed by atoms with Crippen LogP contribution in [0.4, 0.5) is 10.5 Å². The number of aromatic nitrogens is 1. The average Bonchev–Trinajstić information content (AvgIpc) is 3.11. The van der Waals surface area contributed by atoms with Crippen LogP contribution in [-0.2, 0) is 11.2 Å². The molecular formula is C15H18N4O3. The van der Waals surface area contributed by atoms with E-state index in [0.717, 1.165) is 23.2 Å². The molecule has 7 nitrogen and oxygen atoms in total. The number of amides is 3. The maximum atomic E-state index is 12.2. The minimum atomic E-state index is -0.501. The number of benzene rings is 1. The van der Waals surface area contributed by atoms with Crippen LogP contribution in [0.3, 0.4) is 0 Å². The van der Waals surface area contributed by atoms with Gasteiger partial charge in [-0.05, 0) is 25.1 Å². The number of nitrogens with zero attached hydrogens (tertiary/aromatic N) is 2. The molecule has 1 aromatic carbocycles. The fraction of sp³-hybridized carbons (Fsp3) is 0.400. The van der Waals surface area contributed by atoms with Gasteiger partial charge in [0, 0.05) is 25.2 Å². The maximum Gasteiger partial charge on any atom is 0.324 e. The lowest BCUT2D eigenvalue weighted by Crippen LogP contribution is -2.43. The molecule has 1 saturated heterocycles. The topological polar surface area (TPSA) is 87.5 Å². The summed E-state index contributed by atoms with van der Waals surface area (Å²) in [6, 6.07) is 4.66. The molecule has 1 aromatic heterocycles. The lowest BCUT2D eigenvalue weighted by atomic mass is 10.2. The summed E-state index contributed by atoms with van der Waals surface area (Å²) in [7, 11) is 0. The van der Waals surface area contributed by atoms with E-state index in [4.69, 9.17) is 4.42 Å². The van der Waals surface area contributed by atoms with Crippen LogP contribution in [-0.4, -0.2) is 41.0 Å². The SMILES string of the molecule is CCc1nc2cc(N[C@@H](C)C(=O)N3CCNC3=O)ccc2o1. The van der Waals surface area contributed by atoms with E-state index in [1.807, 2.05) is 25.1 Å². The van der Waals surface area contributed by atoms with Gasteiger partial charge in [-0.1, -0.05) is 6.92 Å². The molecule has 0 spiro atoms. The molecule has 1 atom stereocenters. The van der Waals surface area contributed by atoms with Crippen LogP contribution in [0, 0.1) is 0 Å². The number of oxazole rings is 1. The second kappa shape index (κ2) is 5.67. The van der Waals surface area contributed by atoms with E-state index in [1.165, 1.54) is 4.90 Å². The molecule has 2 N–H and O–H groups in total. The summed E-state index contributed by atoms with van der Waals surface area (Å²) in [6.07, 6.45) is 0.733. The molecule has 1 aliphatic heterocycles. The molecular weight excluding hydrogens is 284 g/mol. The third kappa shape index (κ3) is 2.61. The van der Waals surface area contributed by atoms with Crippen LogP contribution < -0.4 is 10.6 Å². The van der Waals surface area contributed by atoms with Crippen molar-refractivity contribution in [1.29, 1.82) is 0 Å². The molecule has 0 saturated carbocycles. The Morgan fingerprint density at radius 1 is 1.55 bits per heavy atom. The summed E-state index contributed by atoms with van der Waals surface area (Å²) < 4.78 is 5.55. The van der Waals surface area contributed by atoms with Gasteiger partial charge < -0.3 is 15.1 Å². The van der Waals surface area contributed by atoms with Crippen LogP contribution in [0.15, 0.2) is 22.6 Å². The highest BCUT2D eigenvalue weighted by molar-refractivity contribution is 5.99. The van der Waals surface area contributed by atoms with Gasteiger partial charge >= 0.3 is 6.03 Å². The van der Waals surface area contributed by atoms with Crippen molar-refractivity contribution in [1.82, 2.24) is 15.2 Å². The summed E-state index contributed by atoms with van der Waals surface area (Å²) in [4.78, 5) is 29.4. The minimum Gasteiger partial charge on any atom is -0.441 e. The quantitative estimate of drug-likeness (QED) is 0.898. The van der Waals surface area contributed by atoms with Gasteiger partial charge in [0.2, 0.25) is 0 Å². The predicted octanol–water partition coefficient (Wildman–Crippen LogP) is 1.74. The first-order chi connectivity index (χ1) is 10.6. The van der Waals surface area contributed by atoms with E-state index in [9.17, 15) is 9.59 Å². The van der Waals surface area contributed by atoms with Gasteiger partial charge in [0.05, 0.1) is 0 Å². The highest BCUT2D eigenvalue weighted by atomic mass is 16.3. The fourth-order valence-corrected chi connectivity index (χ4v) is 2.44. The number of nitrogens with one attached hydrogen (secondary N) is 2. The summed E-state index contributed by atoms with van der Waals surface area (Å²) in [5.74, 6) is 0.439. The number of rotatable bonds is 4. The number of urea groups is 1. The van der Waals surface area contributed by atoms with Crippen molar-refractivity contribution in [2.75, 3.05) is 18.4 Å². The van der Waals surface area contributed by atoms with E-state index in [2.05, 4.69) is 15.6 Å². The number of fused-ring (bicyclic) bond motifs is 1. The number of carbonyl (C=O) groups is 2. The van der Waals surface area contributed by atoms with Gasteiger partial charge in [-0.2, -0.15) is 0 Å². The fourth-order valence-electron chi connectivity index (χ4n) is 2.44. The number of anilines is 1. The maximum absolute atomic E-state index is 12.2. The van der Waals surface area contributed by atoms with E-state index >= 15 is 0 Å². The van der Waals surface area contributed by atoms with Crippen molar-refractivity contribution in [3.63, 3.8) is 0 Å². The van der Waals surface area contributed by atoms with Gasteiger partial charge in [-0.25, -0.2) is 9.78 Å². The van der Waals surface area contributed by atoms with Crippen molar-refractivity contribution in [2.24, 2.45) is 0 Å². The molecule has 3 amide bonds. The van der Waals surface area contributed by atoms with Gasteiger partial charge in [0.1, 0.15) is 11.6 Å². The highest BCUT2D eigenvalue weighted by Gasteiger charge is 2.29.